The first-order valence-corrected chi connectivity index (χ1v) is 7.13. The maximum Gasteiger partial charge on any atom is 0.122 e. The second-order valence-electron chi connectivity index (χ2n) is 6.07. The molecule has 1 heteroatoms. The Balaban J connectivity index is 1.96. The second kappa shape index (κ2) is 5.16. The van der Waals surface area contributed by atoms with Crippen LogP contribution in [0.25, 0.3) is 11.1 Å². The van der Waals surface area contributed by atoms with E-state index in [1.54, 1.807) is 0 Å². The predicted octanol–water partition coefficient (Wildman–Crippen LogP) is 4.87. The molecule has 0 unspecified atom stereocenters. The number of rotatable bonds is 1. The summed E-state index contributed by atoms with van der Waals surface area (Å²) in [5.41, 5.74) is 3.87. The molecule has 1 nitrogen and oxygen atoms in total. The molecule has 3 rings (SSSR count). The zero-order valence-electron chi connectivity index (χ0n) is 12.1. The minimum absolute atomic E-state index is 0.107. The van der Waals surface area contributed by atoms with Gasteiger partial charge in [0.2, 0.25) is 0 Å². The van der Waals surface area contributed by atoms with Gasteiger partial charge in [-0.1, -0.05) is 62.4 Å². The molecule has 0 amide bonds. The highest BCUT2D eigenvalue weighted by Crippen LogP contribution is 2.31. The predicted molar refractivity (Wildman–Crippen MR) is 84.0 cm³/mol. The first kappa shape index (κ1) is 13.0. The maximum absolute atomic E-state index is 5.98. The molecular weight excluding hydrogens is 244 g/mol. The summed E-state index contributed by atoms with van der Waals surface area (Å²) in [6.45, 7) is 5.13. The number of benzene rings is 2. The Morgan fingerprint density at radius 3 is 2.55 bits per heavy atom. The summed E-state index contributed by atoms with van der Waals surface area (Å²) in [7, 11) is 0. The molecule has 2 aromatic carbocycles. The molecule has 0 atom stereocenters. The molecule has 0 bridgehead atoms. The topological polar surface area (TPSA) is 9.23 Å². The Bertz CT molecular complexity index is 623. The highest BCUT2D eigenvalue weighted by Gasteiger charge is 2.18. The third-order valence-corrected chi connectivity index (χ3v) is 3.67. The molecule has 1 aliphatic heterocycles. The van der Waals surface area contributed by atoms with Gasteiger partial charge in [0.1, 0.15) is 5.75 Å². The van der Waals surface area contributed by atoms with Crippen molar-refractivity contribution in [2.75, 3.05) is 6.61 Å². The Morgan fingerprint density at radius 2 is 1.75 bits per heavy atom. The number of allylic oxidation sites excluding steroid dienone is 1. The van der Waals surface area contributed by atoms with Crippen molar-refractivity contribution in [3.8, 4) is 16.9 Å². The number of hydrogen-bond acceptors (Lipinski definition) is 1. The van der Waals surface area contributed by atoms with Crippen LogP contribution in [0.4, 0.5) is 0 Å². The van der Waals surface area contributed by atoms with E-state index in [0.717, 1.165) is 18.8 Å². The average molecular weight is 264 g/mol. The summed E-state index contributed by atoms with van der Waals surface area (Å²) in [5.74, 6) is 1.02. The van der Waals surface area contributed by atoms with E-state index in [0.29, 0.717) is 0 Å². The van der Waals surface area contributed by atoms with E-state index in [4.69, 9.17) is 4.74 Å². The van der Waals surface area contributed by atoms with Crippen molar-refractivity contribution in [2.45, 2.75) is 20.3 Å². The smallest absolute Gasteiger partial charge is 0.122 e. The van der Waals surface area contributed by atoms with Crippen molar-refractivity contribution in [3.63, 3.8) is 0 Å². The molecule has 0 spiro atoms. The van der Waals surface area contributed by atoms with Crippen LogP contribution in [0.1, 0.15) is 19.4 Å². The van der Waals surface area contributed by atoms with Crippen molar-refractivity contribution >= 4 is 0 Å². The Kier molecular flexibility index (Phi) is 3.35. The van der Waals surface area contributed by atoms with E-state index in [9.17, 15) is 0 Å². The summed E-state index contributed by atoms with van der Waals surface area (Å²) >= 11 is 0. The standard InChI is InChI=1S/C19H20O/c1-19(2)12-6-9-17-13-16(10-11-18(17)20-14-19)15-7-4-3-5-8-15/h3-8,10-13H,9,14H2,1-2H3/b12-6-. The first-order chi connectivity index (χ1) is 9.64. The van der Waals surface area contributed by atoms with E-state index in [2.05, 4.69) is 68.5 Å². The van der Waals surface area contributed by atoms with Crippen LogP contribution in [-0.4, -0.2) is 6.61 Å². The van der Waals surface area contributed by atoms with Crippen LogP contribution < -0.4 is 4.74 Å². The van der Waals surface area contributed by atoms with Crippen LogP contribution in [0, 0.1) is 5.41 Å². The van der Waals surface area contributed by atoms with Gasteiger partial charge in [0.05, 0.1) is 6.61 Å². The molecule has 0 aliphatic carbocycles. The minimum atomic E-state index is 0.107. The number of ether oxygens (including phenoxy) is 1. The quantitative estimate of drug-likeness (QED) is 0.668. The summed E-state index contributed by atoms with van der Waals surface area (Å²) in [6.07, 6.45) is 5.45. The van der Waals surface area contributed by atoms with Crippen LogP contribution in [-0.2, 0) is 6.42 Å². The van der Waals surface area contributed by atoms with E-state index < -0.39 is 0 Å². The third-order valence-electron chi connectivity index (χ3n) is 3.67. The molecule has 102 valence electrons. The van der Waals surface area contributed by atoms with Gasteiger partial charge in [-0.25, -0.2) is 0 Å². The van der Waals surface area contributed by atoms with Crippen molar-refractivity contribution < 1.29 is 4.74 Å². The summed E-state index contributed by atoms with van der Waals surface area (Å²) in [5, 5.41) is 0. The lowest BCUT2D eigenvalue weighted by atomic mass is 9.92. The second-order valence-corrected chi connectivity index (χ2v) is 6.07. The van der Waals surface area contributed by atoms with Gasteiger partial charge in [-0.2, -0.15) is 0 Å². The van der Waals surface area contributed by atoms with Gasteiger partial charge in [0.15, 0.2) is 0 Å². The van der Waals surface area contributed by atoms with Gasteiger partial charge in [-0.05, 0) is 35.2 Å². The van der Waals surface area contributed by atoms with E-state index >= 15 is 0 Å². The Hall–Kier alpha value is -2.02. The number of hydrogen-bond donors (Lipinski definition) is 0. The minimum Gasteiger partial charge on any atom is -0.492 e. The highest BCUT2D eigenvalue weighted by molar-refractivity contribution is 5.65. The lowest BCUT2D eigenvalue weighted by Crippen LogP contribution is -2.20. The fourth-order valence-electron chi connectivity index (χ4n) is 2.51. The molecular formula is C19H20O. The van der Waals surface area contributed by atoms with Crippen molar-refractivity contribution in [1.82, 2.24) is 0 Å². The molecule has 0 N–H and O–H groups in total. The normalized spacial score (nSPS) is 18.3. The zero-order valence-corrected chi connectivity index (χ0v) is 12.1. The van der Waals surface area contributed by atoms with Crippen LogP contribution in [0.5, 0.6) is 5.75 Å². The van der Waals surface area contributed by atoms with Gasteiger partial charge in [-0.15, -0.1) is 0 Å². The molecule has 1 heterocycles. The fraction of sp³-hybridized carbons (Fsp3) is 0.263. The third kappa shape index (κ3) is 2.77. The maximum atomic E-state index is 5.98. The van der Waals surface area contributed by atoms with Crippen molar-refractivity contribution in [1.29, 1.82) is 0 Å². The SMILES string of the molecule is CC1(C)/C=C\Cc2cc(-c3ccccc3)ccc2OC1. The van der Waals surface area contributed by atoms with E-state index in [1.807, 2.05) is 6.07 Å². The fourth-order valence-corrected chi connectivity index (χ4v) is 2.51. The molecule has 20 heavy (non-hydrogen) atoms. The molecule has 0 saturated heterocycles. The van der Waals surface area contributed by atoms with Crippen LogP contribution in [0.3, 0.4) is 0 Å². The van der Waals surface area contributed by atoms with Crippen LogP contribution in [0.2, 0.25) is 0 Å². The van der Waals surface area contributed by atoms with Crippen molar-refractivity contribution in [2.24, 2.45) is 5.41 Å². The number of fused-ring (bicyclic) bond motifs is 1. The first-order valence-electron chi connectivity index (χ1n) is 7.13. The monoisotopic (exact) mass is 264 g/mol. The van der Waals surface area contributed by atoms with Crippen molar-refractivity contribution in [3.05, 3.63) is 66.2 Å². The summed E-state index contributed by atoms with van der Waals surface area (Å²) in [6, 6.07) is 17.0. The lowest BCUT2D eigenvalue weighted by Gasteiger charge is -2.24. The van der Waals surface area contributed by atoms with Gasteiger partial charge in [-0.3, -0.25) is 0 Å². The average Bonchev–Trinajstić information content (AvgIpc) is 2.45. The molecule has 1 aliphatic rings. The zero-order chi connectivity index (χ0) is 14.0. The van der Waals surface area contributed by atoms with Gasteiger partial charge < -0.3 is 4.74 Å². The van der Waals surface area contributed by atoms with E-state index in [-0.39, 0.29) is 5.41 Å². The molecule has 2 aromatic rings. The van der Waals surface area contributed by atoms with Crippen LogP contribution >= 0.6 is 0 Å². The van der Waals surface area contributed by atoms with Gasteiger partial charge in [0.25, 0.3) is 0 Å². The van der Waals surface area contributed by atoms with Crippen LogP contribution in [0.15, 0.2) is 60.7 Å². The van der Waals surface area contributed by atoms with Gasteiger partial charge >= 0.3 is 0 Å². The molecule has 0 fully saturated rings. The highest BCUT2D eigenvalue weighted by atomic mass is 16.5. The lowest BCUT2D eigenvalue weighted by molar-refractivity contribution is 0.218. The van der Waals surface area contributed by atoms with Gasteiger partial charge in [0, 0.05) is 5.41 Å². The molecule has 0 saturated carbocycles. The summed E-state index contributed by atoms with van der Waals surface area (Å²) < 4.78 is 5.98. The Morgan fingerprint density at radius 1 is 0.950 bits per heavy atom. The molecule has 0 aromatic heterocycles. The van der Waals surface area contributed by atoms with E-state index in [1.165, 1.54) is 16.7 Å². The summed E-state index contributed by atoms with van der Waals surface area (Å²) in [4.78, 5) is 0. The largest absolute Gasteiger partial charge is 0.492 e. The Labute approximate surface area is 120 Å². The molecule has 0 radical (unpaired) electrons.